The normalized spacial score (nSPS) is 36.9. The Morgan fingerprint density at radius 1 is 0.667 bits per heavy atom. The van der Waals surface area contributed by atoms with Crippen LogP contribution < -0.4 is 0 Å². The largest absolute Gasteiger partial charge is 0.387 e. The van der Waals surface area contributed by atoms with Gasteiger partial charge < -0.3 is 28.8 Å². The molecule has 142 valence electrons. The smallest absolute Gasteiger partial charge is 0.272 e. The molecule has 3 heterocycles. The van der Waals surface area contributed by atoms with E-state index in [1.807, 2.05) is 60.7 Å². The number of hydrogen-bond donors (Lipinski definition) is 1. The van der Waals surface area contributed by atoms with Crippen molar-refractivity contribution in [2.24, 2.45) is 0 Å². The molecule has 4 bridgehead atoms. The SMILES string of the molecule is OC1[C@H]2OC3OC([C@H]2OCc2ccccc2)[C@@H](OCc2ccccc2)[C@H]1O3. The summed E-state index contributed by atoms with van der Waals surface area (Å²) in [5.41, 5.74) is 2.11. The first kappa shape index (κ1) is 17.3. The summed E-state index contributed by atoms with van der Waals surface area (Å²) in [6, 6.07) is 19.8. The molecule has 1 N–H and O–H groups in total. The van der Waals surface area contributed by atoms with E-state index >= 15 is 0 Å². The summed E-state index contributed by atoms with van der Waals surface area (Å²) >= 11 is 0. The maximum atomic E-state index is 10.7. The van der Waals surface area contributed by atoms with Crippen LogP contribution in [0.25, 0.3) is 0 Å². The molecule has 27 heavy (non-hydrogen) atoms. The van der Waals surface area contributed by atoms with Gasteiger partial charge in [-0.25, -0.2) is 0 Å². The summed E-state index contributed by atoms with van der Waals surface area (Å²) in [4.78, 5) is 0. The van der Waals surface area contributed by atoms with Crippen LogP contribution in [0.1, 0.15) is 11.1 Å². The predicted octanol–water partition coefficient (Wildman–Crippen LogP) is 2.00. The number of benzene rings is 2. The summed E-state index contributed by atoms with van der Waals surface area (Å²) in [5.74, 6) is 0. The average molecular weight is 370 g/mol. The van der Waals surface area contributed by atoms with Gasteiger partial charge in [0.15, 0.2) is 0 Å². The molecule has 0 spiro atoms. The van der Waals surface area contributed by atoms with Crippen LogP contribution in [0.2, 0.25) is 0 Å². The van der Waals surface area contributed by atoms with Gasteiger partial charge >= 0.3 is 0 Å². The van der Waals surface area contributed by atoms with Crippen LogP contribution in [-0.4, -0.2) is 48.2 Å². The van der Waals surface area contributed by atoms with Gasteiger partial charge in [-0.05, 0) is 11.1 Å². The van der Waals surface area contributed by atoms with Crippen molar-refractivity contribution in [3.63, 3.8) is 0 Å². The van der Waals surface area contributed by atoms with Gasteiger partial charge in [-0.1, -0.05) is 60.7 Å². The van der Waals surface area contributed by atoms with Crippen molar-refractivity contribution >= 4 is 0 Å². The minimum absolute atomic E-state index is 0.344. The number of rotatable bonds is 6. The van der Waals surface area contributed by atoms with E-state index < -0.39 is 37.0 Å². The van der Waals surface area contributed by atoms with Crippen LogP contribution in [0.4, 0.5) is 0 Å². The second-order valence-electron chi connectivity index (χ2n) is 7.10. The Morgan fingerprint density at radius 2 is 1.11 bits per heavy atom. The maximum absolute atomic E-state index is 10.7. The highest BCUT2D eigenvalue weighted by molar-refractivity contribution is 5.15. The number of hydrogen-bond acceptors (Lipinski definition) is 6. The highest BCUT2D eigenvalue weighted by atomic mass is 16.9. The van der Waals surface area contributed by atoms with E-state index in [4.69, 9.17) is 23.7 Å². The Labute approximate surface area is 157 Å². The fourth-order valence-electron chi connectivity index (χ4n) is 4.00. The molecule has 1 saturated carbocycles. The molecule has 7 atom stereocenters. The summed E-state index contributed by atoms with van der Waals surface area (Å²) < 4.78 is 29.4. The zero-order chi connectivity index (χ0) is 18.2. The van der Waals surface area contributed by atoms with Crippen molar-refractivity contribution in [1.29, 1.82) is 0 Å². The molecule has 0 radical (unpaired) electrons. The second kappa shape index (κ2) is 7.31. The Kier molecular flexibility index (Phi) is 4.69. The molecular weight excluding hydrogens is 348 g/mol. The Balaban J connectivity index is 1.31. The minimum atomic E-state index is -0.817. The van der Waals surface area contributed by atoms with E-state index in [1.54, 1.807) is 0 Å². The van der Waals surface area contributed by atoms with Gasteiger partial charge in [-0.3, -0.25) is 0 Å². The molecule has 6 heteroatoms. The minimum Gasteiger partial charge on any atom is -0.387 e. The van der Waals surface area contributed by atoms with Gasteiger partial charge in [-0.15, -0.1) is 0 Å². The molecule has 3 saturated heterocycles. The van der Waals surface area contributed by atoms with Gasteiger partial charge in [0, 0.05) is 0 Å². The third kappa shape index (κ3) is 3.29. The fourth-order valence-corrected chi connectivity index (χ4v) is 4.00. The van der Waals surface area contributed by atoms with Gasteiger partial charge in [0.1, 0.15) is 36.6 Å². The average Bonchev–Trinajstić information content (AvgIpc) is 2.72. The molecule has 6 rings (SSSR count). The topological polar surface area (TPSA) is 66.4 Å². The standard InChI is InChI=1S/C21H22O6/c22-15-16-18(23-11-13-7-3-1-4-8-13)20-19(17(15)26-21(25-16)27-20)24-12-14-9-5-2-6-10-14/h1-10,15-22H,11-12H2/t15?,16-,17+,18-,19-,20?,21?/m0/s1. The predicted molar refractivity (Wildman–Crippen MR) is 94.5 cm³/mol. The molecular formula is C21H22O6. The van der Waals surface area contributed by atoms with Crippen molar-refractivity contribution in [2.75, 3.05) is 0 Å². The molecule has 3 unspecified atom stereocenters. The van der Waals surface area contributed by atoms with Gasteiger partial charge in [0.2, 0.25) is 0 Å². The number of aliphatic hydroxyl groups excluding tert-OH is 1. The summed E-state index contributed by atoms with van der Waals surface area (Å²) in [7, 11) is 0. The Bertz CT molecular complexity index is 692. The molecule has 6 nitrogen and oxygen atoms in total. The molecule has 0 amide bonds. The third-order valence-corrected chi connectivity index (χ3v) is 5.34. The molecule has 4 aliphatic rings. The number of ether oxygens (including phenoxy) is 5. The van der Waals surface area contributed by atoms with E-state index in [0.29, 0.717) is 13.2 Å². The van der Waals surface area contributed by atoms with Crippen LogP contribution in [0.3, 0.4) is 0 Å². The molecule has 1 aliphatic carbocycles. The van der Waals surface area contributed by atoms with Crippen molar-refractivity contribution < 1.29 is 28.8 Å². The lowest BCUT2D eigenvalue weighted by molar-refractivity contribution is -0.487. The van der Waals surface area contributed by atoms with Crippen LogP contribution in [0.5, 0.6) is 0 Å². The summed E-state index contributed by atoms with van der Waals surface area (Å²) in [6.07, 6.45) is -2.96. The van der Waals surface area contributed by atoms with Gasteiger partial charge in [0.25, 0.3) is 6.48 Å². The Hall–Kier alpha value is -1.80. The van der Waals surface area contributed by atoms with Crippen molar-refractivity contribution in [1.82, 2.24) is 0 Å². The Morgan fingerprint density at radius 3 is 1.59 bits per heavy atom. The lowest BCUT2D eigenvalue weighted by Gasteiger charge is -2.57. The van der Waals surface area contributed by atoms with E-state index in [9.17, 15) is 5.11 Å². The lowest BCUT2D eigenvalue weighted by Crippen LogP contribution is -2.75. The molecule has 2 aromatic carbocycles. The number of aliphatic hydroxyl groups is 1. The lowest BCUT2D eigenvalue weighted by atomic mass is 9.82. The monoisotopic (exact) mass is 370 g/mol. The van der Waals surface area contributed by atoms with Crippen molar-refractivity contribution in [2.45, 2.75) is 56.3 Å². The zero-order valence-corrected chi connectivity index (χ0v) is 14.7. The second-order valence-corrected chi connectivity index (χ2v) is 7.10. The van der Waals surface area contributed by atoms with E-state index in [2.05, 4.69) is 0 Å². The van der Waals surface area contributed by atoms with E-state index in [1.165, 1.54) is 0 Å². The quantitative estimate of drug-likeness (QED) is 0.839. The zero-order valence-electron chi connectivity index (χ0n) is 14.7. The summed E-state index contributed by atoms with van der Waals surface area (Å²) in [6.45, 7) is 0.0700. The first-order valence-electron chi connectivity index (χ1n) is 9.25. The van der Waals surface area contributed by atoms with Crippen LogP contribution in [0.15, 0.2) is 60.7 Å². The first-order chi connectivity index (χ1) is 13.3. The van der Waals surface area contributed by atoms with Crippen LogP contribution >= 0.6 is 0 Å². The molecule has 3 aliphatic heterocycles. The molecule has 2 aromatic rings. The maximum Gasteiger partial charge on any atom is 0.272 e. The van der Waals surface area contributed by atoms with Crippen molar-refractivity contribution in [3.05, 3.63) is 71.8 Å². The highest BCUT2D eigenvalue weighted by Crippen LogP contribution is 2.42. The van der Waals surface area contributed by atoms with E-state index in [-0.39, 0.29) is 6.10 Å². The van der Waals surface area contributed by atoms with E-state index in [0.717, 1.165) is 11.1 Å². The fraction of sp³-hybridized carbons (Fsp3) is 0.429. The summed E-state index contributed by atoms with van der Waals surface area (Å²) in [5, 5.41) is 10.7. The molecule has 0 aromatic heterocycles. The van der Waals surface area contributed by atoms with Gasteiger partial charge in [0.05, 0.1) is 13.2 Å². The van der Waals surface area contributed by atoms with Crippen LogP contribution in [-0.2, 0) is 36.9 Å². The molecule has 4 fully saturated rings. The first-order valence-corrected chi connectivity index (χ1v) is 9.25. The van der Waals surface area contributed by atoms with Gasteiger partial charge in [-0.2, -0.15) is 0 Å². The third-order valence-electron chi connectivity index (χ3n) is 5.34. The van der Waals surface area contributed by atoms with Crippen LogP contribution in [0, 0.1) is 0 Å². The highest BCUT2D eigenvalue weighted by Gasteiger charge is 2.62. The van der Waals surface area contributed by atoms with Crippen molar-refractivity contribution in [3.8, 4) is 0 Å².